The number of aliphatic hydroxyl groups is 1. The van der Waals surface area contributed by atoms with Crippen molar-refractivity contribution in [3.05, 3.63) is 107 Å². The Hall–Kier alpha value is -2.27. The molecule has 3 nitrogen and oxygen atoms in total. The number of hydrogen-bond donors (Lipinski definition) is 1. The van der Waals surface area contributed by atoms with E-state index in [1.54, 1.807) is 0 Å². The molecule has 1 N–H and O–H groups in total. The van der Waals surface area contributed by atoms with Crippen molar-refractivity contribution in [3.63, 3.8) is 0 Å². The molecule has 0 amide bonds. The Balaban J connectivity index is 0.00000259. The van der Waals surface area contributed by atoms with Crippen LogP contribution in [0, 0.1) is 18.8 Å². The van der Waals surface area contributed by atoms with Crippen LogP contribution >= 0.6 is 0 Å². The Labute approximate surface area is 207 Å². The van der Waals surface area contributed by atoms with Crippen molar-refractivity contribution < 1.29 is 31.4 Å². The summed E-state index contributed by atoms with van der Waals surface area (Å²) in [4.78, 5) is 13.2. The molecule has 0 radical (unpaired) electrons. The molecule has 3 aliphatic heterocycles. The van der Waals surface area contributed by atoms with Crippen molar-refractivity contribution in [3.8, 4) is 0 Å². The van der Waals surface area contributed by atoms with Crippen LogP contribution in [-0.2, 0) is 5.60 Å². The number of Topliss-reactive ketones (excluding diaryl/α,β-unsaturated/α-hetero) is 1. The highest BCUT2D eigenvalue weighted by Crippen LogP contribution is 2.49. The zero-order chi connectivity index (χ0) is 22.2. The summed E-state index contributed by atoms with van der Waals surface area (Å²) in [5.74, 6) is 0.766. The first kappa shape index (κ1) is 23.9. The maximum atomic E-state index is 13.2. The lowest BCUT2D eigenvalue weighted by Crippen LogP contribution is -3.00. The highest BCUT2D eigenvalue weighted by Gasteiger charge is 2.55. The topological polar surface area (TPSA) is 37.3 Å². The minimum atomic E-state index is -1.05. The molecule has 3 aromatic rings. The third kappa shape index (κ3) is 4.44. The molecule has 3 aliphatic rings. The van der Waals surface area contributed by atoms with Crippen LogP contribution in [0.4, 0.5) is 0 Å². The molecule has 3 heterocycles. The minimum Gasteiger partial charge on any atom is -1.00 e. The summed E-state index contributed by atoms with van der Waals surface area (Å²) in [5, 5.41) is 12.4. The highest BCUT2D eigenvalue weighted by molar-refractivity contribution is 5.97. The van der Waals surface area contributed by atoms with Crippen molar-refractivity contribution in [1.29, 1.82) is 0 Å². The lowest BCUT2D eigenvalue weighted by Gasteiger charge is -2.56. The molecule has 3 aromatic carbocycles. The molecule has 1 atom stereocenters. The number of nitrogens with zero attached hydrogens (tertiary/aromatic N) is 1. The Morgan fingerprint density at radius 2 is 1.39 bits per heavy atom. The van der Waals surface area contributed by atoms with Gasteiger partial charge in [-0.3, -0.25) is 4.79 Å². The maximum Gasteiger partial charge on any atom is 0.216 e. The number of carbonyl (C=O) groups is 1. The number of carbonyl (C=O) groups excluding carboxylic acids is 1. The van der Waals surface area contributed by atoms with Gasteiger partial charge in [0.05, 0.1) is 19.6 Å². The summed E-state index contributed by atoms with van der Waals surface area (Å²) < 4.78 is 0.788. The predicted molar refractivity (Wildman–Crippen MR) is 127 cm³/mol. The fourth-order valence-electron chi connectivity index (χ4n) is 6.10. The summed E-state index contributed by atoms with van der Waals surface area (Å²) >= 11 is 0. The number of benzene rings is 3. The number of halogens is 1. The standard InChI is InChI=1S/C29H32NO2.BrH/c1-22-12-14-24(15-13-22)28(31)21-30-18-16-23(17-19-30)27(20-30)29(32,25-8-4-2-5-9-25)26-10-6-3-7-11-26;/h2-15,23,27,32H,16-21H2,1H3;1H/q+1;/p-1. The first-order chi connectivity index (χ1) is 15.5. The van der Waals surface area contributed by atoms with Crippen LogP contribution in [0.25, 0.3) is 0 Å². The number of quaternary nitrogens is 1. The summed E-state index contributed by atoms with van der Waals surface area (Å²) in [6.45, 7) is 5.45. The molecule has 0 aromatic heterocycles. The van der Waals surface area contributed by atoms with E-state index >= 15 is 0 Å². The first-order valence-electron chi connectivity index (χ1n) is 11.8. The summed E-state index contributed by atoms with van der Waals surface area (Å²) in [5.41, 5.74) is 2.82. The van der Waals surface area contributed by atoms with E-state index in [9.17, 15) is 9.90 Å². The van der Waals surface area contributed by atoms with Crippen molar-refractivity contribution in [2.75, 3.05) is 26.2 Å². The van der Waals surface area contributed by atoms with Gasteiger partial charge < -0.3 is 26.6 Å². The molecule has 2 bridgehead atoms. The number of piperidine rings is 3. The van der Waals surface area contributed by atoms with Gasteiger partial charge in [0.15, 0.2) is 0 Å². The van der Waals surface area contributed by atoms with E-state index in [-0.39, 0.29) is 28.7 Å². The van der Waals surface area contributed by atoms with Gasteiger partial charge in [-0.15, -0.1) is 0 Å². The predicted octanol–water partition coefficient (Wildman–Crippen LogP) is 1.97. The number of rotatable bonds is 6. The van der Waals surface area contributed by atoms with E-state index in [0.717, 1.165) is 53.6 Å². The van der Waals surface area contributed by atoms with Gasteiger partial charge in [0.1, 0.15) is 12.1 Å². The fraction of sp³-hybridized carbons (Fsp3) is 0.345. The summed E-state index contributed by atoms with van der Waals surface area (Å²) in [6.07, 6.45) is 2.13. The molecule has 0 saturated carbocycles. The molecule has 172 valence electrons. The highest BCUT2D eigenvalue weighted by atomic mass is 79.9. The van der Waals surface area contributed by atoms with E-state index in [4.69, 9.17) is 0 Å². The number of aryl methyl sites for hydroxylation is 1. The molecule has 4 heteroatoms. The average molecular weight is 506 g/mol. The second-order valence-electron chi connectivity index (χ2n) is 9.86. The molecule has 6 rings (SSSR count). The SMILES string of the molecule is Cc1ccc(C(=O)C[N+]23CCC(CC2)C(C(O)(c2ccccc2)c2ccccc2)C3)cc1.[Br-]. The van der Waals surface area contributed by atoms with E-state index < -0.39 is 5.60 Å². The van der Waals surface area contributed by atoms with Crippen LogP contribution in [-0.4, -0.2) is 41.6 Å². The van der Waals surface area contributed by atoms with Gasteiger partial charge in [0, 0.05) is 24.3 Å². The lowest BCUT2D eigenvalue weighted by atomic mass is 9.64. The van der Waals surface area contributed by atoms with E-state index in [2.05, 4.69) is 0 Å². The molecule has 0 aliphatic carbocycles. The van der Waals surface area contributed by atoms with Crippen molar-refractivity contribution in [1.82, 2.24) is 0 Å². The van der Waals surface area contributed by atoms with Crippen molar-refractivity contribution in [2.45, 2.75) is 25.4 Å². The van der Waals surface area contributed by atoms with Crippen molar-refractivity contribution in [2.24, 2.45) is 11.8 Å². The van der Waals surface area contributed by atoms with Crippen LogP contribution in [0.15, 0.2) is 84.9 Å². The largest absolute Gasteiger partial charge is 1.00 e. The Kier molecular flexibility index (Phi) is 6.90. The maximum absolute atomic E-state index is 13.2. The summed E-state index contributed by atoms with van der Waals surface area (Å²) in [7, 11) is 0. The van der Waals surface area contributed by atoms with Crippen LogP contribution in [0.2, 0.25) is 0 Å². The quantitative estimate of drug-likeness (QED) is 0.410. The molecule has 3 saturated heterocycles. The molecular formula is C29H32BrNO2. The Morgan fingerprint density at radius 3 is 1.91 bits per heavy atom. The van der Waals surface area contributed by atoms with Gasteiger partial charge in [-0.1, -0.05) is 90.5 Å². The molecule has 3 fully saturated rings. The van der Waals surface area contributed by atoms with E-state index in [1.807, 2.05) is 91.9 Å². The molecular weight excluding hydrogens is 474 g/mol. The van der Waals surface area contributed by atoms with Gasteiger partial charge in [-0.25, -0.2) is 0 Å². The van der Waals surface area contributed by atoms with Crippen LogP contribution < -0.4 is 17.0 Å². The average Bonchev–Trinajstić information content (AvgIpc) is 2.85. The Bertz CT molecular complexity index is 1030. The molecule has 33 heavy (non-hydrogen) atoms. The number of hydrogen-bond acceptors (Lipinski definition) is 2. The molecule has 0 spiro atoms. The fourth-order valence-corrected chi connectivity index (χ4v) is 6.10. The monoisotopic (exact) mass is 505 g/mol. The smallest absolute Gasteiger partial charge is 0.216 e. The summed E-state index contributed by atoms with van der Waals surface area (Å²) in [6, 6.07) is 28.2. The lowest BCUT2D eigenvalue weighted by molar-refractivity contribution is -0.940. The van der Waals surface area contributed by atoms with Crippen molar-refractivity contribution >= 4 is 5.78 Å². The van der Waals surface area contributed by atoms with Crippen LogP contribution in [0.5, 0.6) is 0 Å². The van der Waals surface area contributed by atoms with Gasteiger partial charge >= 0.3 is 0 Å². The first-order valence-corrected chi connectivity index (χ1v) is 11.8. The minimum absolute atomic E-state index is 0. The molecule has 1 unspecified atom stereocenters. The second kappa shape index (κ2) is 9.54. The van der Waals surface area contributed by atoms with Gasteiger partial charge in [0.25, 0.3) is 0 Å². The number of ketones is 1. The van der Waals surface area contributed by atoms with Gasteiger partial charge in [-0.2, -0.15) is 0 Å². The van der Waals surface area contributed by atoms with Gasteiger partial charge in [0.2, 0.25) is 5.78 Å². The van der Waals surface area contributed by atoms with Crippen LogP contribution in [0.1, 0.15) is 39.9 Å². The third-order valence-corrected chi connectivity index (χ3v) is 7.92. The van der Waals surface area contributed by atoms with E-state index in [1.165, 1.54) is 5.56 Å². The number of fused-ring (bicyclic) bond motifs is 3. The van der Waals surface area contributed by atoms with Gasteiger partial charge in [-0.05, 0) is 24.0 Å². The normalized spacial score (nSPS) is 24.2. The zero-order valence-corrected chi connectivity index (χ0v) is 20.7. The zero-order valence-electron chi connectivity index (χ0n) is 19.2. The van der Waals surface area contributed by atoms with Crippen LogP contribution in [0.3, 0.4) is 0 Å². The second-order valence-corrected chi connectivity index (χ2v) is 9.86. The van der Waals surface area contributed by atoms with E-state index in [0.29, 0.717) is 12.5 Å². The Morgan fingerprint density at radius 1 is 0.879 bits per heavy atom. The third-order valence-electron chi connectivity index (χ3n) is 7.92.